The van der Waals surface area contributed by atoms with E-state index in [1.807, 2.05) is 25.1 Å². The summed E-state index contributed by atoms with van der Waals surface area (Å²) >= 11 is 9.58. The highest BCUT2D eigenvalue weighted by molar-refractivity contribution is 9.10. The lowest BCUT2D eigenvalue weighted by Gasteiger charge is -2.10. The summed E-state index contributed by atoms with van der Waals surface area (Å²) in [7, 11) is 0. The van der Waals surface area contributed by atoms with Crippen molar-refractivity contribution in [2.75, 3.05) is 13.2 Å². The number of hydrogen-bond donors (Lipinski definition) is 0. The molecule has 0 unspecified atom stereocenters. The van der Waals surface area contributed by atoms with Gasteiger partial charge in [-0.05, 0) is 40.5 Å². The summed E-state index contributed by atoms with van der Waals surface area (Å²) in [5.74, 6) is 2.08. The molecule has 2 heterocycles. The van der Waals surface area contributed by atoms with Crippen LogP contribution in [0.4, 0.5) is 0 Å². The summed E-state index contributed by atoms with van der Waals surface area (Å²) in [5.41, 5.74) is 1.75. The van der Waals surface area contributed by atoms with Crippen molar-refractivity contribution in [2.24, 2.45) is 0 Å². The molecular weight excluding hydrogens is 356 g/mol. The maximum atomic E-state index is 6.16. The van der Waals surface area contributed by atoms with Gasteiger partial charge in [-0.2, -0.15) is 0 Å². The molecule has 21 heavy (non-hydrogen) atoms. The van der Waals surface area contributed by atoms with Gasteiger partial charge in [0.15, 0.2) is 17.3 Å². The van der Waals surface area contributed by atoms with E-state index in [1.54, 1.807) is 0 Å². The van der Waals surface area contributed by atoms with Crippen LogP contribution in [-0.2, 0) is 6.42 Å². The van der Waals surface area contributed by atoms with Crippen molar-refractivity contribution in [2.45, 2.75) is 19.8 Å². The Morgan fingerprint density at radius 3 is 2.71 bits per heavy atom. The van der Waals surface area contributed by atoms with Crippen molar-refractivity contribution in [3.63, 3.8) is 0 Å². The third-order valence-corrected chi connectivity index (χ3v) is 4.56. The molecule has 0 spiro atoms. The van der Waals surface area contributed by atoms with Crippen LogP contribution in [0.25, 0.3) is 11.4 Å². The summed E-state index contributed by atoms with van der Waals surface area (Å²) in [6.45, 7) is 3.35. The SMILES string of the molecule is CCc1nc(-c2ccc3c(c2)OCCCO3)nc(Cl)c1Br. The van der Waals surface area contributed by atoms with E-state index in [-0.39, 0.29) is 0 Å². The quantitative estimate of drug-likeness (QED) is 0.741. The molecule has 4 nitrogen and oxygen atoms in total. The predicted molar refractivity (Wildman–Crippen MR) is 85.2 cm³/mol. The zero-order valence-electron chi connectivity index (χ0n) is 11.5. The van der Waals surface area contributed by atoms with Gasteiger partial charge in [0.1, 0.15) is 5.15 Å². The first kappa shape index (κ1) is 14.6. The molecule has 0 aliphatic carbocycles. The lowest BCUT2D eigenvalue weighted by Crippen LogP contribution is -1.98. The van der Waals surface area contributed by atoms with Crippen LogP contribution in [0.5, 0.6) is 11.5 Å². The molecule has 0 saturated heterocycles. The van der Waals surface area contributed by atoms with Gasteiger partial charge in [-0.25, -0.2) is 9.97 Å². The van der Waals surface area contributed by atoms with Crippen LogP contribution in [0.15, 0.2) is 22.7 Å². The lowest BCUT2D eigenvalue weighted by atomic mass is 10.2. The highest BCUT2D eigenvalue weighted by atomic mass is 79.9. The van der Waals surface area contributed by atoms with Crippen LogP contribution in [0.2, 0.25) is 5.15 Å². The highest BCUT2D eigenvalue weighted by Gasteiger charge is 2.15. The fourth-order valence-electron chi connectivity index (χ4n) is 2.13. The highest BCUT2D eigenvalue weighted by Crippen LogP contribution is 2.34. The number of aromatic nitrogens is 2. The number of ether oxygens (including phenoxy) is 2. The molecule has 6 heteroatoms. The smallest absolute Gasteiger partial charge is 0.161 e. The van der Waals surface area contributed by atoms with E-state index >= 15 is 0 Å². The largest absolute Gasteiger partial charge is 0.490 e. The molecule has 0 radical (unpaired) electrons. The first-order valence-electron chi connectivity index (χ1n) is 6.81. The van der Waals surface area contributed by atoms with E-state index in [9.17, 15) is 0 Å². The number of nitrogens with zero attached hydrogens (tertiary/aromatic N) is 2. The number of aryl methyl sites for hydroxylation is 1. The lowest BCUT2D eigenvalue weighted by molar-refractivity contribution is 0.297. The normalized spacial score (nSPS) is 13.9. The van der Waals surface area contributed by atoms with E-state index in [1.165, 1.54) is 0 Å². The van der Waals surface area contributed by atoms with Gasteiger partial charge in [-0.1, -0.05) is 18.5 Å². The Bertz CT molecular complexity index is 679. The molecular formula is C15H14BrClN2O2. The molecule has 0 N–H and O–H groups in total. The van der Waals surface area contributed by atoms with Crippen molar-refractivity contribution < 1.29 is 9.47 Å². The van der Waals surface area contributed by atoms with Crippen molar-refractivity contribution in [3.8, 4) is 22.9 Å². The van der Waals surface area contributed by atoms with Crippen LogP contribution >= 0.6 is 27.5 Å². The van der Waals surface area contributed by atoms with E-state index in [0.717, 1.165) is 40.1 Å². The fraction of sp³-hybridized carbons (Fsp3) is 0.333. The van der Waals surface area contributed by atoms with E-state index < -0.39 is 0 Å². The zero-order valence-corrected chi connectivity index (χ0v) is 13.9. The summed E-state index contributed by atoms with van der Waals surface area (Å²) < 4.78 is 12.1. The Labute approximate surface area is 136 Å². The van der Waals surface area contributed by atoms with E-state index in [4.69, 9.17) is 21.1 Å². The molecule has 0 saturated carbocycles. The first-order valence-corrected chi connectivity index (χ1v) is 7.98. The monoisotopic (exact) mass is 368 g/mol. The third kappa shape index (κ3) is 2.99. The van der Waals surface area contributed by atoms with Crippen molar-refractivity contribution in [3.05, 3.63) is 33.5 Å². The molecule has 0 atom stereocenters. The minimum absolute atomic E-state index is 0.420. The van der Waals surface area contributed by atoms with Gasteiger partial charge < -0.3 is 9.47 Å². The third-order valence-electron chi connectivity index (χ3n) is 3.22. The minimum atomic E-state index is 0.420. The number of rotatable bonds is 2. The van der Waals surface area contributed by atoms with Gasteiger partial charge in [0, 0.05) is 12.0 Å². The maximum absolute atomic E-state index is 6.16. The molecule has 1 aliphatic heterocycles. The average molecular weight is 370 g/mol. The number of benzene rings is 1. The number of hydrogen-bond acceptors (Lipinski definition) is 4. The van der Waals surface area contributed by atoms with Gasteiger partial charge in [0.25, 0.3) is 0 Å². The average Bonchev–Trinajstić information content (AvgIpc) is 2.74. The molecule has 0 bridgehead atoms. The van der Waals surface area contributed by atoms with Gasteiger partial charge in [0.05, 0.1) is 23.4 Å². The predicted octanol–water partition coefficient (Wildman–Crippen LogP) is 4.28. The molecule has 110 valence electrons. The van der Waals surface area contributed by atoms with E-state index in [2.05, 4.69) is 25.9 Å². The van der Waals surface area contributed by atoms with Crippen LogP contribution in [0, 0.1) is 0 Å². The Kier molecular flexibility index (Phi) is 4.31. The van der Waals surface area contributed by atoms with Gasteiger partial charge in [0.2, 0.25) is 0 Å². The molecule has 1 aromatic carbocycles. The standard InChI is InChI=1S/C15H14BrClN2O2/c1-2-10-13(16)14(17)19-15(18-10)9-4-5-11-12(8-9)21-7-3-6-20-11/h4-5,8H,2-3,6-7H2,1H3. The number of halogens is 2. The Balaban J connectivity index is 2.04. The molecule has 3 rings (SSSR count). The summed E-state index contributed by atoms with van der Waals surface area (Å²) in [6, 6.07) is 5.72. The fourth-order valence-corrected chi connectivity index (χ4v) is 2.78. The Morgan fingerprint density at radius 1 is 1.19 bits per heavy atom. The minimum Gasteiger partial charge on any atom is -0.490 e. The topological polar surface area (TPSA) is 44.2 Å². The van der Waals surface area contributed by atoms with Gasteiger partial charge in [-0.15, -0.1) is 0 Å². The van der Waals surface area contributed by atoms with Gasteiger partial charge >= 0.3 is 0 Å². The summed E-state index contributed by atoms with van der Waals surface area (Å²) in [5, 5.41) is 0.420. The van der Waals surface area contributed by atoms with Crippen molar-refractivity contribution in [1.82, 2.24) is 9.97 Å². The second-order valence-electron chi connectivity index (χ2n) is 4.66. The van der Waals surface area contributed by atoms with Gasteiger partial charge in [-0.3, -0.25) is 0 Å². The first-order chi connectivity index (χ1) is 10.2. The molecule has 0 fully saturated rings. The second kappa shape index (κ2) is 6.20. The van der Waals surface area contributed by atoms with Crippen molar-refractivity contribution >= 4 is 27.5 Å². The second-order valence-corrected chi connectivity index (χ2v) is 5.82. The summed E-state index contributed by atoms with van der Waals surface area (Å²) in [4.78, 5) is 8.89. The van der Waals surface area contributed by atoms with E-state index in [0.29, 0.717) is 24.2 Å². The van der Waals surface area contributed by atoms with Crippen LogP contribution in [0.3, 0.4) is 0 Å². The van der Waals surface area contributed by atoms with Crippen LogP contribution in [0.1, 0.15) is 19.0 Å². The Hall–Kier alpha value is -1.33. The van der Waals surface area contributed by atoms with Crippen molar-refractivity contribution in [1.29, 1.82) is 0 Å². The number of fused-ring (bicyclic) bond motifs is 1. The molecule has 2 aromatic rings. The molecule has 0 amide bonds. The van der Waals surface area contributed by atoms with Crippen LogP contribution < -0.4 is 9.47 Å². The molecule has 1 aliphatic rings. The summed E-state index contributed by atoms with van der Waals surface area (Å²) in [6.07, 6.45) is 1.66. The molecule has 1 aromatic heterocycles. The maximum Gasteiger partial charge on any atom is 0.161 e. The van der Waals surface area contributed by atoms with Crippen LogP contribution in [-0.4, -0.2) is 23.2 Å². The Morgan fingerprint density at radius 2 is 1.95 bits per heavy atom. The zero-order chi connectivity index (χ0) is 14.8.